The first-order valence-electron chi connectivity index (χ1n) is 4.37. The van der Waals surface area contributed by atoms with Gasteiger partial charge in [0.15, 0.2) is 0 Å². The first-order chi connectivity index (χ1) is 7.02. The largest absolute Gasteiger partial charge is 0.391 e. The SMILES string of the molecule is N[C@@H]1c2ccccc2C[C@H]1O.O=[N+]([O-])O. The second-order valence-corrected chi connectivity index (χ2v) is 3.23. The lowest BCUT2D eigenvalue weighted by Gasteiger charge is -2.07. The summed E-state index contributed by atoms with van der Waals surface area (Å²) in [5.41, 5.74) is 8.02. The van der Waals surface area contributed by atoms with Crippen molar-refractivity contribution >= 4 is 0 Å². The summed E-state index contributed by atoms with van der Waals surface area (Å²) in [6.45, 7) is 0. The minimum Gasteiger partial charge on any atom is -0.391 e. The average Bonchev–Trinajstić information content (AvgIpc) is 2.43. The molecule has 0 amide bonds. The van der Waals surface area contributed by atoms with Crippen molar-refractivity contribution in [3.05, 3.63) is 45.5 Å². The van der Waals surface area contributed by atoms with E-state index in [2.05, 4.69) is 0 Å². The quantitative estimate of drug-likeness (QED) is 0.422. The molecule has 1 aliphatic rings. The second kappa shape index (κ2) is 4.72. The van der Waals surface area contributed by atoms with E-state index in [9.17, 15) is 5.11 Å². The van der Waals surface area contributed by atoms with E-state index in [1.54, 1.807) is 0 Å². The Hall–Kier alpha value is -1.66. The van der Waals surface area contributed by atoms with Crippen LogP contribution in [-0.4, -0.2) is 21.5 Å². The van der Waals surface area contributed by atoms with E-state index >= 15 is 0 Å². The molecule has 4 N–H and O–H groups in total. The third kappa shape index (κ3) is 2.90. The zero-order valence-electron chi connectivity index (χ0n) is 7.91. The van der Waals surface area contributed by atoms with Gasteiger partial charge in [-0.05, 0) is 11.1 Å². The van der Waals surface area contributed by atoms with E-state index in [0.29, 0.717) is 6.42 Å². The van der Waals surface area contributed by atoms with Gasteiger partial charge in [0.05, 0.1) is 12.1 Å². The van der Waals surface area contributed by atoms with Crippen molar-refractivity contribution in [1.82, 2.24) is 0 Å². The number of benzene rings is 1. The highest BCUT2D eigenvalue weighted by Crippen LogP contribution is 2.28. The van der Waals surface area contributed by atoms with Crippen LogP contribution in [0.15, 0.2) is 24.3 Å². The molecule has 0 spiro atoms. The molecule has 15 heavy (non-hydrogen) atoms. The minimum atomic E-state index is -1.50. The predicted octanol–water partition coefficient (Wildman–Crippen LogP) is 0.256. The molecule has 0 bridgehead atoms. The summed E-state index contributed by atoms with van der Waals surface area (Å²) in [6, 6.07) is 7.76. The number of aliphatic hydroxyl groups excluding tert-OH is 1. The number of aliphatic hydroxyl groups is 1. The van der Waals surface area contributed by atoms with Crippen molar-refractivity contribution in [1.29, 1.82) is 0 Å². The van der Waals surface area contributed by atoms with Crippen molar-refractivity contribution in [2.24, 2.45) is 5.73 Å². The van der Waals surface area contributed by atoms with E-state index in [1.165, 1.54) is 5.56 Å². The fourth-order valence-electron chi connectivity index (χ4n) is 1.60. The number of hydrogen-bond donors (Lipinski definition) is 3. The van der Waals surface area contributed by atoms with Gasteiger partial charge in [-0.1, -0.05) is 24.3 Å². The molecule has 0 aliphatic heterocycles. The van der Waals surface area contributed by atoms with Crippen molar-refractivity contribution in [2.75, 3.05) is 0 Å². The molecule has 1 aromatic carbocycles. The molecule has 82 valence electrons. The molecule has 0 aromatic heterocycles. The summed E-state index contributed by atoms with van der Waals surface area (Å²) in [5.74, 6) is 0. The molecule has 1 aromatic rings. The van der Waals surface area contributed by atoms with Gasteiger partial charge in [0.2, 0.25) is 0 Å². The monoisotopic (exact) mass is 212 g/mol. The molecule has 0 saturated carbocycles. The van der Waals surface area contributed by atoms with Crippen molar-refractivity contribution in [3.63, 3.8) is 0 Å². The standard InChI is InChI=1S/C9H11NO.HNO3/c10-9-7-4-2-1-3-6(7)5-8(9)11;2-1(3)4/h1-4,8-9,11H,5,10H2;(H,2,3,4)/t8-,9-;/m1./s1. The van der Waals surface area contributed by atoms with Gasteiger partial charge < -0.3 is 16.0 Å². The van der Waals surface area contributed by atoms with Crippen molar-refractivity contribution in [3.8, 4) is 0 Å². The topological polar surface area (TPSA) is 110 Å². The lowest BCUT2D eigenvalue weighted by atomic mass is 10.1. The smallest absolute Gasteiger partial charge is 0.291 e. The van der Waals surface area contributed by atoms with E-state index < -0.39 is 5.09 Å². The van der Waals surface area contributed by atoms with Crippen molar-refractivity contribution in [2.45, 2.75) is 18.6 Å². The Morgan fingerprint density at radius 1 is 1.47 bits per heavy atom. The predicted molar refractivity (Wildman–Crippen MR) is 51.9 cm³/mol. The zero-order chi connectivity index (χ0) is 11.4. The fourth-order valence-corrected chi connectivity index (χ4v) is 1.60. The van der Waals surface area contributed by atoms with Gasteiger partial charge in [0.1, 0.15) is 0 Å². The van der Waals surface area contributed by atoms with E-state index in [4.69, 9.17) is 21.1 Å². The Labute approximate surface area is 86.1 Å². The van der Waals surface area contributed by atoms with Crippen LogP contribution in [0.25, 0.3) is 0 Å². The van der Waals surface area contributed by atoms with Crippen molar-refractivity contribution < 1.29 is 15.4 Å². The normalized spacial score (nSPS) is 22.5. The summed E-state index contributed by atoms with van der Waals surface area (Å²) in [6.07, 6.45) is 0.324. The molecule has 0 fully saturated rings. The highest BCUT2D eigenvalue weighted by atomic mass is 16.9. The summed E-state index contributed by atoms with van der Waals surface area (Å²) >= 11 is 0. The molecule has 0 saturated heterocycles. The Kier molecular flexibility index (Phi) is 3.59. The number of hydrogen-bond acceptors (Lipinski definition) is 4. The Morgan fingerprint density at radius 3 is 2.53 bits per heavy atom. The summed E-state index contributed by atoms with van der Waals surface area (Å²) in [5, 5.41) is 23.0. The first-order valence-corrected chi connectivity index (χ1v) is 4.37. The molecule has 1 aliphatic carbocycles. The fraction of sp³-hybridized carbons (Fsp3) is 0.333. The van der Waals surface area contributed by atoms with Gasteiger partial charge in [-0.15, -0.1) is 10.1 Å². The van der Waals surface area contributed by atoms with Gasteiger partial charge >= 0.3 is 0 Å². The summed E-state index contributed by atoms with van der Waals surface area (Å²) in [7, 11) is 0. The molecule has 0 heterocycles. The average molecular weight is 212 g/mol. The van der Waals surface area contributed by atoms with Crippen LogP contribution in [0.4, 0.5) is 0 Å². The summed E-state index contributed by atoms with van der Waals surface area (Å²) < 4.78 is 0. The second-order valence-electron chi connectivity index (χ2n) is 3.23. The van der Waals surface area contributed by atoms with Gasteiger partial charge in [-0.2, -0.15) is 0 Å². The van der Waals surface area contributed by atoms with Crippen LogP contribution < -0.4 is 5.73 Å². The lowest BCUT2D eigenvalue weighted by molar-refractivity contribution is -0.742. The van der Waals surface area contributed by atoms with Crippen LogP contribution in [0, 0.1) is 10.1 Å². The van der Waals surface area contributed by atoms with Gasteiger partial charge in [-0.3, -0.25) is 0 Å². The maximum absolute atomic E-state index is 9.39. The van der Waals surface area contributed by atoms with Crippen LogP contribution in [0.3, 0.4) is 0 Å². The number of rotatable bonds is 0. The Morgan fingerprint density at radius 2 is 2.00 bits per heavy atom. The van der Waals surface area contributed by atoms with Crippen LogP contribution in [0.1, 0.15) is 17.2 Å². The molecular weight excluding hydrogens is 200 g/mol. The molecule has 0 unspecified atom stereocenters. The van der Waals surface area contributed by atoms with Crippen LogP contribution in [0.5, 0.6) is 0 Å². The molecule has 2 rings (SSSR count). The van der Waals surface area contributed by atoms with E-state index in [0.717, 1.165) is 5.56 Å². The van der Waals surface area contributed by atoms with Crippen LogP contribution in [-0.2, 0) is 6.42 Å². The van der Waals surface area contributed by atoms with Crippen LogP contribution >= 0.6 is 0 Å². The van der Waals surface area contributed by atoms with Gasteiger partial charge in [0, 0.05) is 6.42 Å². The molecule has 2 atom stereocenters. The number of nitrogens with two attached hydrogens (primary N) is 1. The maximum atomic E-state index is 9.39. The van der Waals surface area contributed by atoms with Crippen LogP contribution in [0.2, 0.25) is 0 Å². The van der Waals surface area contributed by atoms with Gasteiger partial charge in [-0.25, -0.2) is 0 Å². The highest BCUT2D eigenvalue weighted by Gasteiger charge is 2.26. The summed E-state index contributed by atoms with van der Waals surface area (Å²) in [4.78, 5) is 8.36. The molecule has 0 radical (unpaired) electrons. The highest BCUT2D eigenvalue weighted by molar-refractivity contribution is 5.35. The number of nitrogens with zero attached hydrogens (tertiary/aromatic N) is 1. The third-order valence-electron chi connectivity index (χ3n) is 2.26. The number of fused-ring (bicyclic) bond motifs is 1. The Bertz CT molecular complexity index is 352. The minimum absolute atomic E-state index is 0.175. The molecule has 6 nitrogen and oxygen atoms in total. The molecule has 6 heteroatoms. The lowest BCUT2D eigenvalue weighted by Crippen LogP contribution is -2.21. The maximum Gasteiger partial charge on any atom is 0.291 e. The Balaban J connectivity index is 0.000000245. The van der Waals surface area contributed by atoms with Gasteiger partial charge in [0.25, 0.3) is 5.09 Å². The van der Waals surface area contributed by atoms with E-state index in [1.807, 2.05) is 24.3 Å². The van der Waals surface area contributed by atoms with E-state index in [-0.39, 0.29) is 12.1 Å². The zero-order valence-corrected chi connectivity index (χ0v) is 7.91. The molecular formula is C9H12N2O4. The third-order valence-corrected chi connectivity index (χ3v) is 2.26. The first kappa shape index (κ1) is 11.4.